The third-order valence-electron chi connectivity index (χ3n) is 4.30. The molecule has 0 spiro atoms. The van der Waals surface area contributed by atoms with Crippen LogP contribution in [0.3, 0.4) is 0 Å². The highest BCUT2D eigenvalue weighted by Crippen LogP contribution is 2.44. The summed E-state index contributed by atoms with van der Waals surface area (Å²) >= 11 is 0. The molecule has 1 aliphatic rings. The lowest BCUT2D eigenvalue weighted by Crippen LogP contribution is -2.16. The van der Waals surface area contributed by atoms with Gasteiger partial charge in [0.05, 0.1) is 0 Å². The van der Waals surface area contributed by atoms with Crippen molar-refractivity contribution in [3.63, 3.8) is 0 Å². The summed E-state index contributed by atoms with van der Waals surface area (Å²) in [6, 6.07) is 17.8. The highest BCUT2D eigenvalue weighted by atomic mass is 16.5. The molecule has 114 valence electrons. The molecule has 0 amide bonds. The van der Waals surface area contributed by atoms with E-state index in [4.69, 9.17) is 4.74 Å². The van der Waals surface area contributed by atoms with E-state index in [1.807, 2.05) is 49.5 Å². The second-order valence-corrected chi connectivity index (χ2v) is 5.67. The summed E-state index contributed by atoms with van der Waals surface area (Å²) in [6.45, 7) is 1.33. The van der Waals surface area contributed by atoms with Gasteiger partial charge in [-0.3, -0.25) is 4.79 Å². The van der Waals surface area contributed by atoms with Crippen molar-refractivity contribution in [1.82, 2.24) is 5.32 Å². The van der Waals surface area contributed by atoms with E-state index in [9.17, 15) is 4.79 Å². The van der Waals surface area contributed by atoms with Crippen molar-refractivity contribution in [3.8, 4) is 16.9 Å². The number of ether oxygens (including phenoxy) is 1. The number of fused-ring (bicyclic) bond motifs is 5. The Morgan fingerprint density at radius 3 is 2.39 bits per heavy atom. The van der Waals surface area contributed by atoms with Crippen LogP contribution in [0.2, 0.25) is 0 Å². The second-order valence-electron chi connectivity index (χ2n) is 5.67. The molecule has 0 saturated heterocycles. The Bertz CT molecular complexity index is 915. The molecule has 23 heavy (non-hydrogen) atoms. The number of carbonyl (C=O) groups excluding carboxylic acids is 1. The monoisotopic (exact) mass is 303 g/mol. The first-order valence-corrected chi connectivity index (χ1v) is 7.78. The number of nitrogens with one attached hydrogen (secondary N) is 1. The molecule has 0 unspecified atom stereocenters. The van der Waals surface area contributed by atoms with Gasteiger partial charge in [0.25, 0.3) is 0 Å². The summed E-state index contributed by atoms with van der Waals surface area (Å²) in [5.74, 6) is 0.857. The van der Waals surface area contributed by atoms with Crippen molar-refractivity contribution in [2.75, 3.05) is 20.2 Å². The largest absolute Gasteiger partial charge is 0.492 e. The number of ketones is 1. The maximum Gasteiger partial charge on any atom is 0.194 e. The van der Waals surface area contributed by atoms with Crippen molar-refractivity contribution in [2.45, 2.75) is 0 Å². The third-order valence-corrected chi connectivity index (χ3v) is 4.30. The average Bonchev–Trinajstić information content (AvgIpc) is 2.88. The first-order chi connectivity index (χ1) is 11.3. The molecule has 0 bridgehead atoms. The number of carbonyl (C=O) groups is 1. The van der Waals surface area contributed by atoms with Gasteiger partial charge in [0, 0.05) is 28.6 Å². The Labute approximate surface area is 134 Å². The van der Waals surface area contributed by atoms with E-state index < -0.39 is 0 Å². The molecular formula is C20H17NO2. The van der Waals surface area contributed by atoms with Crippen molar-refractivity contribution in [2.24, 2.45) is 0 Å². The summed E-state index contributed by atoms with van der Waals surface area (Å²) < 4.78 is 5.92. The first kappa shape index (κ1) is 14.0. The van der Waals surface area contributed by atoms with Crippen LogP contribution in [0.25, 0.3) is 21.9 Å². The zero-order valence-corrected chi connectivity index (χ0v) is 12.9. The molecule has 3 heteroatoms. The number of hydrogen-bond acceptors (Lipinski definition) is 3. The van der Waals surface area contributed by atoms with E-state index in [0.717, 1.165) is 45.3 Å². The molecule has 0 heterocycles. The highest BCUT2D eigenvalue weighted by molar-refractivity contribution is 6.26. The first-order valence-electron chi connectivity index (χ1n) is 7.78. The molecular weight excluding hydrogens is 286 g/mol. The Kier molecular flexibility index (Phi) is 3.36. The van der Waals surface area contributed by atoms with Gasteiger partial charge < -0.3 is 10.1 Å². The van der Waals surface area contributed by atoms with E-state index in [2.05, 4.69) is 17.4 Å². The quantitative estimate of drug-likeness (QED) is 0.585. The predicted octanol–water partition coefficient (Wildman–Crippen LogP) is 3.65. The minimum Gasteiger partial charge on any atom is -0.492 e. The lowest BCUT2D eigenvalue weighted by Gasteiger charge is -2.13. The van der Waals surface area contributed by atoms with Crippen LogP contribution in [-0.2, 0) is 0 Å². The van der Waals surface area contributed by atoms with Gasteiger partial charge in [-0.2, -0.15) is 0 Å². The Hall–Kier alpha value is -2.65. The summed E-state index contributed by atoms with van der Waals surface area (Å²) in [4.78, 5) is 12.7. The fraction of sp³-hybridized carbons (Fsp3) is 0.150. The average molecular weight is 303 g/mol. The standard InChI is InChI=1S/C20H17NO2/c1-21-10-11-23-18-12-17-19(14-7-3-2-6-13(14)18)15-8-4-5-9-16(15)20(17)22/h2-9,12,21H,10-11H2,1H3. The number of hydrogen-bond donors (Lipinski definition) is 1. The Balaban J connectivity index is 1.96. The summed E-state index contributed by atoms with van der Waals surface area (Å²) in [5.41, 5.74) is 3.57. The molecule has 3 aromatic carbocycles. The van der Waals surface area contributed by atoms with Gasteiger partial charge >= 0.3 is 0 Å². The van der Waals surface area contributed by atoms with Crippen LogP contribution < -0.4 is 10.1 Å². The van der Waals surface area contributed by atoms with Crippen LogP contribution in [0.4, 0.5) is 0 Å². The molecule has 3 nitrogen and oxygen atoms in total. The van der Waals surface area contributed by atoms with E-state index in [0.29, 0.717) is 6.61 Å². The van der Waals surface area contributed by atoms with E-state index in [1.165, 1.54) is 0 Å². The summed E-state index contributed by atoms with van der Waals surface area (Å²) in [5, 5.41) is 5.19. The number of benzene rings is 3. The normalized spacial score (nSPS) is 12.3. The summed E-state index contributed by atoms with van der Waals surface area (Å²) in [7, 11) is 1.89. The lowest BCUT2D eigenvalue weighted by molar-refractivity contribution is 0.104. The molecule has 0 atom stereocenters. The number of rotatable bonds is 4. The maximum atomic E-state index is 12.7. The SMILES string of the molecule is CNCCOc1cc2c(c3ccccc13)-c1ccccc1C2=O. The van der Waals surface area contributed by atoms with Crippen LogP contribution in [0.15, 0.2) is 54.6 Å². The van der Waals surface area contributed by atoms with Crippen molar-refractivity contribution < 1.29 is 9.53 Å². The van der Waals surface area contributed by atoms with Crippen LogP contribution in [0.5, 0.6) is 5.75 Å². The van der Waals surface area contributed by atoms with Gasteiger partial charge in [-0.15, -0.1) is 0 Å². The Morgan fingerprint density at radius 2 is 1.61 bits per heavy atom. The van der Waals surface area contributed by atoms with Gasteiger partial charge in [-0.25, -0.2) is 0 Å². The topological polar surface area (TPSA) is 38.3 Å². The fourth-order valence-corrected chi connectivity index (χ4v) is 3.24. The third kappa shape index (κ3) is 2.13. The van der Waals surface area contributed by atoms with Crippen molar-refractivity contribution >= 4 is 16.6 Å². The smallest absolute Gasteiger partial charge is 0.194 e. The molecule has 3 aromatic rings. The zero-order chi connectivity index (χ0) is 15.8. The van der Waals surface area contributed by atoms with E-state index in [-0.39, 0.29) is 5.78 Å². The minimum atomic E-state index is 0.0832. The van der Waals surface area contributed by atoms with Gasteiger partial charge in [0.2, 0.25) is 0 Å². The van der Waals surface area contributed by atoms with Crippen LogP contribution >= 0.6 is 0 Å². The number of likely N-dealkylation sites (N-methyl/N-ethyl adjacent to an activating group) is 1. The van der Waals surface area contributed by atoms with Crippen molar-refractivity contribution in [3.05, 3.63) is 65.7 Å². The molecule has 0 radical (unpaired) electrons. The zero-order valence-electron chi connectivity index (χ0n) is 12.9. The summed E-state index contributed by atoms with van der Waals surface area (Å²) in [6.07, 6.45) is 0. The fourth-order valence-electron chi connectivity index (χ4n) is 3.24. The van der Waals surface area contributed by atoms with Gasteiger partial charge in [-0.1, -0.05) is 48.5 Å². The van der Waals surface area contributed by atoms with E-state index >= 15 is 0 Å². The minimum absolute atomic E-state index is 0.0832. The van der Waals surface area contributed by atoms with Crippen molar-refractivity contribution in [1.29, 1.82) is 0 Å². The van der Waals surface area contributed by atoms with E-state index in [1.54, 1.807) is 0 Å². The van der Waals surface area contributed by atoms with Crippen LogP contribution in [0, 0.1) is 0 Å². The molecule has 0 aromatic heterocycles. The molecule has 1 N–H and O–H groups in total. The van der Waals surface area contributed by atoms with Crippen LogP contribution in [-0.4, -0.2) is 26.0 Å². The Morgan fingerprint density at radius 1 is 0.913 bits per heavy atom. The molecule has 0 aliphatic heterocycles. The highest BCUT2D eigenvalue weighted by Gasteiger charge is 2.29. The van der Waals surface area contributed by atoms with Gasteiger partial charge in [-0.05, 0) is 24.1 Å². The molecule has 0 saturated carbocycles. The van der Waals surface area contributed by atoms with Gasteiger partial charge in [0.1, 0.15) is 12.4 Å². The molecule has 1 aliphatic carbocycles. The molecule has 4 rings (SSSR count). The van der Waals surface area contributed by atoms with Crippen LogP contribution in [0.1, 0.15) is 15.9 Å². The molecule has 0 fully saturated rings. The maximum absolute atomic E-state index is 12.7. The predicted molar refractivity (Wildman–Crippen MR) is 92.2 cm³/mol. The lowest BCUT2D eigenvalue weighted by atomic mass is 9.97. The second kappa shape index (κ2) is 5.52. The van der Waals surface area contributed by atoms with Gasteiger partial charge in [0.15, 0.2) is 5.78 Å².